The molecule has 0 spiro atoms. The Hall–Kier alpha value is -2.10. The molecule has 4 heteroatoms. The lowest BCUT2D eigenvalue weighted by molar-refractivity contribution is 0.0943. The number of aromatic nitrogens is 1. The number of nitrogens with zero attached hydrogens (tertiary/aromatic N) is 1. The van der Waals surface area contributed by atoms with Gasteiger partial charge in [-0.2, -0.15) is 0 Å². The number of rotatable bonds is 5. The van der Waals surface area contributed by atoms with Crippen molar-refractivity contribution in [2.24, 2.45) is 0 Å². The second-order valence-corrected chi connectivity index (χ2v) is 5.33. The highest BCUT2D eigenvalue weighted by Gasteiger charge is 2.14. The maximum atomic E-state index is 12.7. The third-order valence-electron chi connectivity index (χ3n) is 3.48. The van der Waals surface area contributed by atoms with Gasteiger partial charge >= 0.3 is 0 Å². The van der Waals surface area contributed by atoms with E-state index in [0.717, 1.165) is 23.8 Å². The van der Waals surface area contributed by atoms with Crippen LogP contribution in [0.3, 0.4) is 0 Å². The molecule has 0 fully saturated rings. The van der Waals surface area contributed by atoms with Gasteiger partial charge in [-0.25, -0.2) is 0 Å². The van der Waals surface area contributed by atoms with Crippen LogP contribution < -0.4 is 10.9 Å². The van der Waals surface area contributed by atoms with E-state index in [9.17, 15) is 9.59 Å². The Bertz CT molecular complexity index is 717. The summed E-state index contributed by atoms with van der Waals surface area (Å²) in [6.45, 7) is 7.14. The van der Waals surface area contributed by atoms with Crippen LogP contribution in [0.25, 0.3) is 10.8 Å². The number of benzene rings is 1. The summed E-state index contributed by atoms with van der Waals surface area (Å²) in [5.74, 6) is -0.176. The van der Waals surface area contributed by atoms with Gasteiger partial charge in [-0.15, -0.1) is 0 Å². The molecule has 112 valence electrons. The Morgan fingerprint density at radius 3 is 2.62 bits per heavy atom. The zero-order chi connectivity index (χ0) is 15.4. The van der Waals surface area contributed by atoms with E-state index in [2.05, 4.69) is 5.32 Å². The van der Waals surface area contributed by atoms with E-state index in [1.165, 1.54) is 0 Å². The number of carbonyl (C=O) groups is 1. The second kappa shape index (κ2) is 6.57. The molecule has 0 saturated carbocycles. The molecule has 0 aliphatic heterocycles. The Morgan fingerprint density at radius 2 is 1.95 bits per heavy atom. The quantitative estimate of drug-likeness (QED) is 0.919. The Kier molecular flexibility index (Phi) is 4.78. The van der Waals surface area contributed by atoms with Crippen LogP contribution >= 0.6 is 0 Å². The Balaban J connectivity index is 2.63. The summed E-state index contributed by atoms with van der Waals surface area (Å²) in [4.78, 5) is 24.9. The lowest BCUT2D eigenvalue weighted by atomic mass is 10.1. The number of hydrogen-bond acceptors (Lipinski definition) is 2. The first kappa shape index (κ1) is 15.3. The van der Waals surface area contributed by atoms with Gasteiger partial charge < -0.3 is 9.88 Å². The van der Waals surface area contributed by atoms with E-state index in [1.807, 2.05) is 45.0 Å². The summed E-state index contributed by atoms with van der Waals surface area (Å²) >= 11 is 0. The number of nitrogens with one attached hydrogen (secondary N) is 1. The number of amides is 1. The molecule has 1 amide bonds. The predicted octanol–water partition coefficient (Wildman–Crippen LogP) is 2.86. The minimum atomic E-state index is -0.176. The molecule has 4 nitrogen and oxygen atoms in total. The van der Waals surface area contributed by atoms with Crippen LogP contribution in [0.4, 0.5) is 0 Å². The first-order valence-corrected chi connectivity index (χ1v) is 7.50. The van der Waals surface area contributed by atoms with Gasteiger partial charge in [-0.3, -0.25) is 9.59 Å². The molecule has 0 aliphatic carbocycles. The summed E-state index contributed by atoms with van der Waals surface area (Å²) in [6, 6.07) is 7.56. The SMILES string of the molecule is CCCNC(=O)c1cc2ccc(C)cc2c(=O)n1CCC. The maximum absolute atomic E-state index is 12.7. The standard InChI is InChI=1S/C17H22N2O2/c1-4-8-18-16(20)15-11-13-7-6-12(3)10-14(13)17(21)19(15)9-5-2/h6-7,10-11H,4-5,8-9H2,1-3H3,(H,18,20). The fourth-order valence-corrected chi connectivity index (χ4v) is 2.42. The topological polar surface area (TPSA) is 51.1 Å². The molecule has 1 heterocycles. The number of aryl methyl sites for hydroxylation is 1. The molecule has 0 bridgehead atoms. The third kappa shape index (κ3) is 3.15. The molecular formula is C17H22N2O2. The van der Waals surface area contributed by atoms with E-state index in [-0.39, 0.29) is 11.5 Å². The lowest BCUT2D eigenvalue weighted by Gasteiger charge is -2.14. The zero-order valence-corrected chi connectivity index (χ0v) is 12.9. The highest BCUT2D eigenvalue weighted by molar-refractivity contribution is 5.96. The first-order valence-electron chi connectivity index (χ1n) is 7.50. The number of fused-ring (bicyclic) bond motifs is 1. The maximum Gasteiger partial charge on any atom is 0.268 e. The van der Waals surface area contributed by atoms with Gasteiger partial charge in [0.05, 0.1) is 0 Å². The molecule has 2 rings (SSSR count). The number of pyridine rings is 1. The van der Waals surface area contributed by atoms with E-state index < -0.39 is 0 Å². The normalized spacial score (nSPS) is 10.8. The van der Waals surface area contributed by atoms with E-state index in [1.54, 1.807) is 4.57 Å². The van der Waals surface area contributed by atoms with Crippen molar-refractivity contribution in [2.75, 3.05) is 6.54 Å². The fourth-order valence-electron chi connectivity index (χ4n) is 2.42. The summed E-state index contributed by atoms with van der Waals surface area (Å²) < 4.78 is 1.59. The molecule has 1 aromatic carbocycles. The second-order valence-electron chi connectivity index (χ2n) is 5.33. The molecule has 1 aromatic heterocycles. The molecule has 2 aromatic rings. The molecule has 0 atom stereocenters. The van der Waals surface area contributed by atoms with Gasteiger partial charge in [0.2, 0.25) is 0 Å². The van der Waals surface area contributed by atoms with Crippen LogP contribution in [0.1, 0.15) is 42.7 Å². The van der Waals surface area contributed by atoms with Crippen LogP contribution in [0, 0.1) is 6.92 Å². The predicted molar refractivity (Wildman–Crippen MR) is 85.9 cm³/mol. The minimum Gasteiger partial charge on any atom is -0.351 e. The van der Waals surface area contributed by atoms with Crippen LogP contribution in [-0.4, -0.2) is 17.0 Å². The summed E-state index contributed by atoms with van der Waals surface area (Å²) in [5.41, 5.74) is 1.41. The van der Waals surface area contributed by atoms with Gasteiger partial charge in [0, 0.05) is 18.5 Å². The summed E-state index contributed by atoms with van der Waals surface area (Å²) in [5, 5.41) is 4.35. The summed E-state index contributed by atoms with van der Waals surface area (Å²) in [7, 11) is 0. The van der Waals surface area contributed by atoms with Crippen molar-refractivity contribution in [3.05, 3.63) is 45.9 Å². The van der Waals surface area contributed by atoms with Crippen molar-refractivity contribution in [1.29, 1.82) is 0 Å². The molecule has 21 heavy (non-hydrogen) atoms. The molecule has 1 N–H and O–H groups in total. The highest BCUT2D eigenvalue weighted by atomic mass is 16.2. The smallest absolute Gasteiger partial charge is 0.268 e. The summed E-state index contributed by atoms with van der Waals surface area (Å²) in [6.07, 6.45) is 1.68. The number of carbonyl (C=O) groups excluding carboxylic acids is 1. The van der Waals surface area contributed by atoms with Gasteiger partial charge in [-0.1, -0.05) is 31.5 Å². The van der Waals surface area contributed by atoms with Crippen LogP contribution in [-0.2, 0) is 6.54 Å². The van der Waals surface area contributed by atoms with E-state index in [4.69, 9.17) is 0 Å². The molecular weight excluding hydrogens is 264 g/mol. The van der Waals surface area contributed by atoms with Crippen LogP contribution in [0.2, 0.25) is 0 Å². The van der Waals surface area contributed by atoms with Crippen LogP contribution in [0.5, 0.6) is 0 Å². The molecule has 0 aliphatic rings. The molecule has 0 radical (unpaired) electrons. The average molecular weight is 286 g/mol. The van der Waals surface area contributed by atoms with Gasteiger partial charge in [0.15, 0.2) is 0 Å². The van der Waals surface area contributed by atoms with Gasteiger partial charge in [-0.05, 0) is 37.3 Å². The molecule has 0 unspecified atom stereocenters. The fraction of sp³-hybridized carbons (Fsp3) is 0.412. The lowest BCUT2D eigenvalue weighted by Crippen LogP contribution is -2.32. The number of hydrogen-bond donors (Lipinski definition) is 1. The van der Waals surface area contributed by atoms with Crippen LogP contribution in [0.15, 0.2) is 29.1 Å². The van der Waals surface area contributed by atoms with Crippen molar-refractivity contribution in [1.82, 2.24) is 9.88 Å². The van der Waals surface area contributed by atoms with E-state index in [0.29, 0.717) is 24.2 Å². The van der Waals surface area contributed by atoms with E-state index >= 15 is 0 Å². The van der Waals surface area contributed by atoms with Crippen molar-refractivity contribution >= 4 is 16.7 Å². The Labute approximate surface area is 124 Å². The molecule has 0 saturated heterocycles. The average Bonchev–Trinajstić information content (AvgIpc) is 2.48. The monoisotopic (exact) mass is 286 g/mol. The highest BCUT2D eigenvalue weighted by Crippen LogP contribution is 2.15. The van der Waals surface area contributed by atoms with Crippen molar-refractivity contribution in [3.8, 4) is 0 Å². The minimum absolute atomic E-state index is 0.0836. The third-order valence-corrected chi connectivity index (χ3v) is 3.48. The largest absolute Gasteiger partial charge is 0.351 e. The van der Waals surface area contributed by atoms with Crippen molar-refractivity contribution in [2.45, 2.75) is 40.2 Å². The van der Waals surface area contributed by atoms with Crippen molar-refractivity contribution in [3.63, 3.8) is 0 Å². The first-order chi connectivity index (χ1) is 10.1. The van der Waals surface area contributed by atoms with Gasteiger partial charge in [0.1, 0.15) is 5.69 Å². The Morgan fingerprint density at radius 1 is 1.19 bits per heavy atom. The van der Waals surface area contributed by atoms with Crippen molar-refractivity contribution < 1.29 is 4.79 Å². The zero-order valence-electron chi connectivity index (χ0n) is 12.9. The van der Waals surface area contributed by atoms with Gasteiger partial charge in [0.25, 0.3) is 11.5 Å².